The first-order chi connectivity index (χ1) is 9.17. The molecule has 6 heteroatoms. The average molecular weight is 314 g/mol. The largest absolute Gasteiger partial charge is 0.327 e. The Labute approximate surface area is 130 Å². The summed E-state index contributed by atoms with van der Waals surface area (Å²) < 4.78 is 0. The van der Waals surface area contributed by atoms with Gasteiger partial charge in [-0.05, 0) is 37.7 Å². The van der Waals surface area contributed by atoms with E-state index in [0.29, 0.717) is 0 Å². The topological polar surface area (TPSA) is 45.2 Å². The quantitative estimate of drug-likeness (QED) is 0.928. The van der Waals surface area contributed by atoms with Gasteiger partial charge in [0.05, 0.1) is 0 Å². The van der Waals surface area contributed by atoms with E-state index < -0.39 is 0 Å². The van der Waals surface area contributed by atoms with Crippen LogP contribution in [0.2, 0.25) is 0 Å². The smallest absolute Gasteiger partial charge is 0.252 e. The number of halogens is 1. The van der Waals surface area contributed by atoms with Gasteiger partial charge in [0, 0.05) is 23.0 Å². The lowest BCUT2D eigenvalue weighted by molar-refractivity contribution is -0.122. The standard InChI is InChI=1S/C14H19N3OS.ClH/c1-4-17(5-2)14-13(18)16-10(3)12(19-14)11-6-8-15-9-7-11;/h6-9,14H,4-5H2,1-3H3,(H,16,18);1H. The number of rotatable bonds is 4. The lowest BCUT2D eigenvalue weighted by Crippen LogP contribution is -2.46. The molecule has 0 bridgehead atoms. The van der Waals surface area contributed by atoms with Crippen LogP contribution in [0.5, 0.6) is 0 Å². The molecule has 1 aliphatic rings. The number of nitrogens with one attached hydrogen (secondary N) is 1. The molecule has 1 aromatic heterocycles. The number of hydrogen-bond donors (Lipinski definition) is 1. The summed E-state index contributed by atoms with van der Waals surface area (Å²) >= 11 is 1.62. The molecule has 0 saturated heterocycles. The SMILES string of the molecule is CCN(CC)C1SC(c2ccncc2)=C(C)NC1=O.Cl. The van der Waals surface area contributed by atoms with E-state index in [2.05, 4.69) is 29.0 Å². The molecule has 1 atom stereocenters. The van der Waals surface area contributed by atoms with Crippen LogP contribution >= 0.6 is 24.2 Å². The summed E-state index contributed by atoms with van der Waals surface area (Å²) in [6.45, 7) is 7.83. The van der Waals surface area contributed by atoms with Gasteiger partial charge < -0.3 is 5.32 Å². The highest BCUT2D eigenvalue weighted by molar-refractivity contribution is 8.09. The second kappa shape index (κ2) is 7.67. The normalized spacial score (nSPS) is 18.8. The lowest BCUT2D eigenvalue weighted by atomic mass is 10.2. The molecule has 0 radical (unpaired) electrons. The summed E-state index contributed by atoms with van der Waals surface area (Å²) in [6, 6.07) is 3.95. The summed E-state index contributed by atoms with van der Waals surface area (Å²) in [5, 5.41) is 2.83. The molecule has 110 valence electrons. The first-order valence-corrected chi connectivity index (χ1v) is 7.38. The van der Waals surface area contributed by atoms with Gasteiger partial charge >= 0.3 is 0 Å². The molecule has 0 saturated carbocycles. The number of carbonyl (C=O) groups is 1. The van der Waals surface area contributed by atoms with E-state index in [0.717, 1.165) is 29.3 Å². The van der Waals surface area contributed by atoms with Crippen molar-refractivity contribution in [1.82, 2.24) is 15.2 Å². The van der Waals surface area contributed by atoms with Gasteiger partial charge in [-0.25, -0.2) is 0 Å². The molecule has 1 N–H and O–H groups in total. The molecule has 20 heavy (non-hydrogen) atoms. The Balaban J connectivity index is 0.00000200. The Morgan fingerprint density at radius 2 is 1.90 bits per heavy atom. The second-order valence-electron chi connectivity index (χ2n) is 4.37. The van der Waals surface area contributed by atoms with Crippen molar-refractivity contribution < 1.29 is 4.79 Å². The molecule has 1 aromatic rings. The van der Waals surface area contributed by atoms with Crippen molar-refractivity contribution in [2.24, 2.45) is 0 Å². The van der Waals surface area contributed by atoms with Gasteiger partial charge in [-0.15, -0.1) is 12.4 Å². The van der Waals surface area contributed by atoms with Crippen LogP contribution in [0, 0.1) is 0 Å². The lowest BCUT2D eigenvalue weighted by Gasteiger charge is -2.32. The Morgan fingerprint density at radius 1 is 1.30 bits per heavy atom. The minimum absolute atomic E-state index is 0. The Hall–Kier alpha value is -1.04. The van der Waals surface area contributed by atoms with Crippen LogP contribution in [0.1, 0.15) is 26.3 Å². The zero-order valence-electron chi connectivity index (χ0n) is 11.9. The third-order valence-electron chi connectivity index (χ3n) is 3.19. The first-order valence-electron chi connectivity index (χ1n) is 6.50. The van der Waals surface area contributed by atoms with Crippen LogP contribution in [0.3, 0.4) is 0 Å². The maximum Gasteiger partial charge on any atom is 0.252 e. The van der Waals surface area contributed by atoms with Crippen molar-refractivity contribution in [2.75, 3.05) is 13.1 Å². The number of pyridine rings is 1. The van der Waals surface area contributed by atoms with Gasteiger partial charge in [0.15, 0.2) is 0 Å². The van der Waals surface area contributed by atoms with Crippen molar-refractivity contribution in [2.45, 2.75) is 26.1 Å². The van der Waals surface area contributed by atoms with E-state index in [1.54, 1.807) is 24.2 Å². The predicted molar refractivity (Wildman–Crippen MR) is 86.5 cm³/mol. The van der Waals surface area contributed by atoms with Crippen LogP contribution in [0.25, 0.3) is 4.91 Å². The monoisotopic (exact) mass is 313 g/mol. The molecule has 4 nitrogen and oxygen atoms in total. The summed E-state index contributed by atoms with van der Waals surface area (Å²) in [5.74, 6) is 0.0732. The fourth-order valence-electron chi connectivity index (χ4n) is 2.14. The number of thioether (sulfide) groups is 1. The van der Waals surface area contributed by atoms with E-state index in [9.17, 15) is 4.79 Å². The number of likely N-dealkylation sites (N-methyl/N-ethyl adjacent to an activating group) is 1. The number of hydrogen-bond acceptors (Lipinski definition) is 4. The molecular weight excluding hydrogens is 294 g/mol. The summed E-state index contributed by atoms with van der Waals surface area (Å²) in [5.41, 5.74) is 2.03. The Morgan fingerprint density at radius 3 is 2.45 bits per heavy atom. The van der Waals surface area contributed by atoms with Crippen molar-refractivity contribution >= 4 is 35.0 Å². The molecule has 0 fully saturated rings. The fourth-order valence-corrected chi connectivity index (χ4v) is 3.48. The van der Waals surface area contributed by atoms with Crippen molar-refractivity contribution in [3.05, 3.63) is 35.8 Å². The van der Waals surface area contributed by atoms with Crippen molar-refractivity contribution in [1.29, 1.82) is 0 Å². The molecule has 0 aliphatic carbocycles. The van der Waals surface area contributed by atoms with E-state index >= 15 is 0 Å². The van der Waals surface area contributed by atoms with E-state index in [4.69, 9.17) is 0 Å². The average Bonchev–Trinajstić information content (AvgIpc) is 2.43. The predicted octanol–water partition coefficient (Wildman–Crippen LogP) is 2.72. The van der Waals surface area contributed by atoms with Gasteiger partial charge in [-0.3, -0.25) is 14.7 Å². The third-order valence-corrected chi connectivity index (χ3v) is 4.70. The Kier molecular flexibility index (Phi) is 6.52. The van der Waals surface area contributed by atoms with Crippen LogP contribution < -0.4 is 5.32 Å². The summed E-state index contributed by atoms with van der Waals surface area (Å²) in [7, 11) is 0. The van der Waals surface area contributed by atoms with E-state index in [-0.39, 0.29) is 23.7 Å². The second-order valence-corrected chi connectivity index (χ2v) is 5.46. The summed E-state index contributed by atoms with van der Waals surface area (Å²) in [6.07, 6.45) is 3.55. The maximum atomic E-state index is 12.1. The molecule has 2 rings (SSSR count). The zero-order chi connectivity index (χ0) is 13.8. The van der Waals surface area contributed by atoms with Gasteiger partial charge in [-0.1, -0.05) is 25.6 Å². The molecule has 1 unspecified atom stereocenters. The van der Waals surface area contributed by atoms with Gasteiger partial charge in [0.1, 0.15) is 5.37 Å². The maximum absolute atomic E-state index is 12.1. The first kappa shape index (κ1) is 17.0. The van der Waals surface area contributed by atoms with Gasteiger partial charge in [0.25, 0.3) is 5.91 Å². The van der Waals surface area contributed by atoms with E-state index in [1.165, 1.54) is 0 Å². The van der Waals surface area contributed by atoms with Crippen LogP contribution in [0.4, 0.5) is 0 Å². The third kappa shape index (κ3) is 3.53. The zero-order valence-corrected chi connectivity index (χ0v) is 13.6. The number of nitrogens with zero attached hydrogens (tertiary/aromatic N) is 2. The van der Waals surface area contributed by atoms with Gasteiger partial charge in [-0.2, -0.15) is 0 Å². The molecule has 0 aromatic carbocycles. The molecule has 1 aliphatic heterocycles. The molecular formula is C14H20ClN3OS. The van der Waals surface area contributed by atoms with E-state index in [1.807, 2.05) is 19.1 Å². The number of allylic oxidation sites excluding steroid dienone is 1. The van der Waals surface area contributed by atoms with Crippen LogP contribution in [-0.4, -0.2) is 34.3 Å². The number of aromatic nitrogens is 1. The van der Waals surface area contributed by atoms with Crippen LogP contribution in [-0.2, 0) is 4.79 Å². The van der Waals surface area contributed by atoms with Crippen molar-refractivity contribution in [3.63, 3.8) is 0 Å². The number of amides is 1. The molecule has 0 spiro atoms. The number of carbonyl (C=O) groups excluding carboxylic acids is 1. The molecule has 1 amide bonds. The summed E-state index contributed by atoms with van der Waals surface area (Å²) in [4.78, 5) is 19.4. The highest BCUT2D eigenvalue weighted by atomic mass is 35.5. The fraction of sp³-hybridized carbons (Fsp3) is 0.429. The minimum atomic E-state index is -0.151. The Bertz CT molecular complexity index is 488. The highest BCUT2D eigenvalue weighted by Gasteiger charge is 2.31. The minimum Gasteiger partial charge on any atom is -0.327 e. The van der Waals surface area contributed by atoms with Crippen molar-refractivity contribution in [3.8, 4) is 0 Å². The van der Waals surface area contributed by atoms with Gasteiger partial charge in [0.2, 0.25) is 0 Å². The molecule has 2 heterocycles. The van der Waals surface area contributed by atoms with Crippen LogP contribution in [0.15, 0.2) is 30.2 Å². The highest BCUT2D eigenvalue weighted by Crippen LogP contribution is 2.37.